The van der Waals surface area contributed by atoms with Crippen LogP contribution in [0.5, 0.6) is 0 Å². The Labute approximate surface area is 214 Å². The SMILES string of the molecule is CC(C)CCN(c1ccc(CCC2(O)CCCCC2)cc1)C1CCN(C(=O)C(N)CC(C)C)CC1. The first-order valence-corrected chi connectivity index (χ1v) is 14.3. The van der Waals surface area contributed by atoms with Crippen LogP contribution in [0.2, 0.25) is 0 Å². The van der Waals surface area contributed by atoms with Crippen molar-refractivity contribution in [3.05, 3.63) is 29.8 Å². The number of aliphatic hydroxyl groups is 1. The minimum atomic E-state index is -0.455. The molecule has 1 aromatic carbocycles. The largest absolute Gasteiger partial charge is 0.390 e. The van der Waals surface area contributed by atoms with E-state index in [1.807, 2.05) is 4.90 Å². The number of rotatable bonds is 11. The van der Waals surface area contributed by atoms with Gasteiger partial charge in [-0.1, -0.05) is 59.1 Å². The maximum absolute atomic E-state index is 12.8. The van der Waals surface area contributed by atoms with Crippen molar-refractivity contribution in [2.75, 3.05) is 24.5 Å². The Morgan fingerprint density at radius 3 is 2.26 bits per heavy atom. The van der Waals surface area contributed by atoms with Gasteiger partial charge >= 0.3 is 0 Å². The molecule has 2 fully saturated rings. The van der Waals surface area contributed by atoms with Crippen molar-refractivity contribution in [2.45, 2.75) is 116 Å². The molecule has 3 N–H and O–H groups in total. The van der Waals surface area contributed by atoms with E-state index in [-0.39, 0.29) is 11.9 Å². The fourth-order valence-electron chi connectivity index (χ4n) is 5.85. The second kappa shape index (κ2) is 13.1. The third-order valence-electron chi connectivity index (χ3n) is 8.14. The third kappa shape index (κ3) is 8.49. The molecule has 1 unspecified atom stereocenters. The summed E-state index contributed by atoms with van der Waals surface area (Å²) in [6.07, 6.45) is 11.2. The van der Waals surface area contributed by atoms with Gasteiger partial charge in [-0.3, -0.25) is 4.79 Å². The number of nitrogens with two attached hydrogens (primary N) is 1. The number of carbonyl (C=O) groups is 1. The summed E-state index contributed by atoms with van der Waals surface area (Å²) < 4.78 is 0. The topological polar surface area (TPSA) is 69.8 Å². The molecule has 5 nitrogen and oxygen atoms in total. The highest BCUT2D eigenvalue weighted by atomic mass is 16.3. The molecule has 35 heavy (non-hydrogen) atoms. The van der Waals surface area contributed by atoms with E-state index >= 15 is 0 Å². The van der Waals surface area contributed by atoms with Crippen molar-refractivity contribution in [2.24, 2.45) is 17.6 Å². The summed E-state index contributed by atoms with van der Waals surface area (Å²) in [5.74, 6) is 1.21. The Hall–Kier alpha value is -1.59. The van der Waals surface area contributed by atoms with Crippen LogP contribution in [0.25, 0.3) is 0 Å². The number of hydrogen-bond acceptors (Lipinski definition) is 4. The second-order valence-corrected chi connectivity index (χ2v) is 12.1. The lowest BCUT2D eigenvalue weighted by molar-refractivity contribution is -0.134. The number of aryl methyl sites for hydroxylation is 1. The molecule has 1 atom stereocenters. The molecule has 0 aromatic heterocycles. The fraction of sp³-hybridized carbons (Fsp3) is 0.767. The van der Waals surface area contributed by atoms with Gasteiger partial charge in [0, 0.05) is 31.4 Å². The van der Waals surface area contributed by atoms with Gasteiger partial charge in [0.2, 0.25) is 5.91 Å². The third-order valence-corrected chi connectivity index (χ3v) is 8.14. The summed E-state index contributed by atoms with van der Waals surface area (Å²) >= 11 is 0. The summed E-state index contributed by atoms with van der Waals surface area (Å²) in [5, 5.41) is 10.9. The molecule has 1 saturated heterocycles. The number of anilines is 1. The number of hydrogen-bond donors (Lipinski definition) is 2. The minimum Gasteiger partial charge on any atom is -0.390 e. The summed E-state index contributed by atoms with van der Waals surface area (Å²) in [6, 6.07) is 9.14. The molecule has 1 saturated carbocycles. The predicted octanol–water partition coefficient (Wildman–Crippen LogP) is 5.53. The molecule has 198 valence electrons. The van der Waals surface area contributed by atoms with Crippen LogP contribution >= 0.6 is 0 Å². The lowest BCUT2D eigenvalue weighted by Crippen LogP contribution is -2.51. The average Bonchev–Trinajstić information content (AvgIpc) is 2.83. The van der Waals surface area contributed by atoms with E-state index in [2.05, 4.69) is 56.9 Å². The maximum Gasteiger partial charge on any atom is 0.239 e. The van der Waals surface area contributed by atoms with Gasteiger partial charge in [0.05, 0.1) is 11.6 Å². The Morgan fingerprint density at radius 1 is 1.06 bits per heavy atom. The molecular weight excluding hydrogens is 434 g/mol. The fourth-order valence-corrected chi connectivity index (χ4v) is 5.85. The quantitative estimate of drug-likeness (QED) is 0.432. The van der Waals surface area contributed by atoms with Gasteiger partial charge < -0.3 is 20.6 Å². The average molecular weight is 486 g/mol. The van der Waals surface area contributed by atoms with Crippen molar-refractivity contribution in [3.8, 4) is 0 Å². The lowest BCUT2D eigenvalue weighted by atomic mass is 9.81. The molecule has 0 spiro atoms. The lowest BCUT2D eigenvalue weighted by Gasteiger charge is -2.41. The second-order valence-electron chi connectivity index (χ2n) is 12.1. The number of likely N-dealkylation sites (tertiary alicyclic amines) is 1. The van der Waals surface area contributed by atoms with E-state index in [9.17, 15) is 9.90 Å². The standard InChI is InChI=1S/C30H51N3O2/c1-23(2)13-21-33(27-14-19-32(20-15-27)29(34)28(31)22-24(3)4)26-10-8-25(9-11-26)12-18-30(35)16-6-5-7-17-30/h8-11,23-24,27-28,35H,5-7,12-22,31H2,1-4H3. The van der Waals surface area contributed by atoms with E-state index < -0.39 is 5.60 Å². The van der Waals surface area contributed by atoms with E-state index in [1.165, 1.54) is 17.7 Å². The zero-order chi connectivity index (χ0) is 25.4. The van der Waals surface area contributed by atoms with Crippen molar-refractivity contribution in [1.82, 2.24) is 4.90 Å². The van der Waals surface area contributed by atoms with Gasteiger partial charge in [0.1, 0.15) is 0 Å². The Morgan fingerprint density at radius 2 is 1.69 bits per heavy atom. The van der Waals surface area contributed by atoms with Crippen LogP contribution in [0.15, 0.2) is 24.3 Å². The molecule has 1 aliphatic heterocycles. The van der Waals surface area contributed by atoms with Crippen LogP contribution in [0.1, 0.15) is 97.5 Å². The highest BCUT2D eigenvalue weighted by Gasteiger charge is 2.30. The molecule has 1 heterocycles. The van der Waals surface area contributed by atoms with Crippen LogP contribution in [0, 0.1) is 11.8 Å². The van der Waals surface area contributed by atoms with Crippen LogP contribution in [0.3, 0.4) is 0 Å². The zero-order valence-electron chi connectivity index (χ0n) is 22.8. The smallest absolute Gasteiger partial charge is 0.239 e. The monoisotopic (exact) mass is 485 g/mol. The van der Waals surface area contributed by atoms with Crippen LogP contribution in [0.4, 0.5) is 5.69 Å². The van der Waals surface area contributed by atoms with Crippen molar-refractivity contribution < 1.29 is 9.90 Å². The molecule has 1 aliphatic carbocycles. The van der Waals surface area contributed by atoms with Crippen LogP contribution in [-0.2, 0) is 11.2 Å². The van der Waals surface area contributed by atoms with Gasteiger partial charge in [-0.05, 0) is 80.9 Å². The molecule has 0 radical (unpaired) electrons. The number of nitrogens with zero attached hydrogens (tertiary/aromatic N) is 2. The summed E-state index contributed by atoms with van der Waals surface area (Å²) in [7, 11) is 0. The van der Waals surface area contributed by atoms with Crippen molar-refractivity contribution in [3.63, 3.8) is 0 Å². The Kier molecular flexibility index (Phi) is 10.5. The van der Waals surface area contributed by atoms with Gasteiger partial charge in [-0.2, -0.15) is 0 Å². The first-order chi connectivity index (χ1) is 16.7. The van der Waals surface area contributed by atoms with E-state index in [4.69, 9.17) is 5.73 Å². The minimum absolute atomic E-state index is 0.120. The number of carbonyl (C=O) groups excluding carboxylic acids is 1. The molecule has 1 aromatic rings. The van der Waals surface area contributed by atoms with Crippen LogP contribution in [-0.4, -0.2) is 53.2 Å². The Balaban J connectivity index is 1.60. The highest BCUT2D eigenvalue weighted by molar-refractivity contribution is 5.81. The summed E-state index contributed by atoms with van der Waals surface area (Å²) in [5.41, 5.74) is 8.34. The maximum atomic E-state index is 12.8. The normalized spacial score (nSPS) is 19.8. The Bertz CT molecular complexity index is 762. The van der Waals surface area contributed by atoms with E-state index in [0.29, 0.717) is 17.9 Å². The number of benzene rings is 1. The van der Waals surface area contributed by atoms with Crippen molar-refractivity contribution >= 4 is 11.6 Å². The van der Waals surface area contributed by atoms with Gasteiger partial charge in [-0.25, -0.2) is 0 Å². The zero-order valence-corrected chi connectivity index (χ0v) is 22.8. The molecule has 2 aliphatic rings. The van der Waals surface area contributed by atoms with Crippen LogP contribution < -0.4 is 10.6 Å². The number of piperidine rings is 1. The molecule has 3 rings (SSSR count). The van der Waals surface area contributed by atoms with Crippen molar-refractivity contribution in [1.29, 1.82) is 0 Å². The first kappa shape index (κ1) is 28.0. The highest BCUT2D eigenvalue weighted by Crippen LogP contribution is 2.32. The van der Waals surface area contributed by atoms with E-state index in [0.717, 1.165) is 83.8 Å². The molecule has 5 heteroatoms. The predicted molar refractivity (Wildman–Crippen MR) is 147 cm³/mol. The van der Waals surface area contributed by atoms with E-state index in [1.54, 1.807) is 0 Å². The van der Waals surface area contributed by atoms with Gasteiger partial charge in [0.25, 0.3) is 0 Å². The summed E-state index contributed by atoms with van der Waals surface area (Å²) in [6.45, 7) is 11.4. The molecule has 1 amide bonds. The molecule has 0 bridgehead atoms. The summed E-state index contributed by atoms with van der Waals surface area (Å²) in [4.78, 5) is 17.4. The molecular formula is C30H51N3O2. The van der Waals surface area contributed by atoms with Gasteiger partial charge in [0.15, 0.2) is 0 Å². The number of amides is 1. The van der Waals surface area contributed by atoms with Gasteiger partial charge in [-0.15, -0.1) is 0 Å². The first-order valence-electron chi connectivity index (χ1n) is 14.3.